The number of carbonyl (C=O) groups is 1. The van der Waals surface area contributed by atoms with Crippen LogP contribution in [-0.2, 0) is 14.3 Å². The Kier molecular flexibility index (Phi) is 5.92. The molecule has 0 bridgehead atoms. The van der Waals surface area contributed by atoms with E-state index in [4.69, 9.17) is 5.73 Å². The van der Waals surface area contributed by atoms with Gasteiger partial charge in [-0.2, -0.15) is 0 Å². The number of aliphatic hydroxyl groups is 1. The van der Waals surface area contributed by atoms with Crippen molar-refractivity contribution in [2.75, 3.05) is 20.8 Å². The number of rotatable bonds is 5. The molecule has 0 aliphatic heterocycles. The van der Waals surface area contributed by atoms with Crippen molar-refractivity contribution >= 4 is 11.8 Å². The van der Waals surface area contributed by atoms with E-state index in [0.29, 0.717) is 6.54 Å². The monoisotopic (exact) mass is 216 g/mol. The molecule has 0 aliphatic rings. The summed E-state index contributed by atoms with van der Waals surface area (Å²) in [4.78, 5) is 15.1. The molecule has 6 nitrogen and oxygen atoms in total. The molecule has 0 heterocycles. The van der Waals surface area contributed by atoms with Crippen LogP contribution in [0.1, 0.15) is 13.3 Å². The Labute approximate surface area is 88.4 Å². The van der Waals surface area contributed by atoms with Gasteiger partial charge in [-0.05, 0) is 6.42 Å². The van der Waals surface area contributed by atoms with Crippen LogP contribution in [0.3, 0.4) is 0 Å². The Morgan fingerprint density at radius 3 is 2.40 bits per heavy atom. The SMILES string of the molecule is CCCN=C(N)/C(C(=O)OC)=C(\O)OC. The summed E-state index contributed by atoms with van der Waals surface area (Å²) in [6.45, 7) is 2.37. The van der Waals surface area contributed by atoms with E-state index in [0.717, 1.165) is 6.42 Å². The molecule has 15 heavy (non-hydrogen) atoms. The Balaban J connectivity index is 5.04. The lowest BCUT2D eigenvalue weighted by Gasteiger charge is -2.06. The summed E-state index contributed by atoms with van der Waals surface area (Å²) in [5.41, 5.74) is 5.25. The molecule has 0 aromatic heterocycles. The zero-order valence-corrected chi connectivity index (χ0v) is 9.11. The number of aliphatic imine (C=N–C) groups is 1. The summed E-state index contributed by atoms with van der Waals surface area (Å²) in [7, 11) is 2.39. The van der Waals surface area contributed by atoms with Gasteiger partial charge in [-0.1, -0.05) is 6.92 Å². The van der Waals surface area contributed by atoms with Gasteiger partial charge in [-0.25, -0.2) is 4.79 Å². The number of esters is 1. The number of aliphatic hydroxyl groups excluding tert-OH is 1. The number of carbonyl (C=O) groups excluding carboxylic acids is 1. The third-order valence-electron chi connectivity index (χ3n) is 1.56. The number of nitrogens with zero attached hydrogens (tertiary/aromatic N) is 1. The van der Waals surface area contributed by atoms with Crippen LogP contribution in [0.25, 0.3) is 0 Å². The van der Waals surface area contributed by atoms with Crippen LogP contribution in [0.4, 0.5) is 0 Å². The summed E-state index contributed by atoms with van der Waals surface area (Å²) < 4.78 is 8.95. The maximum Gasteiger partial charge on any atom is 0.348 e. The van der Waals surface area contributed by atoms with Crippen LogP contribution in [0.5, 0.6) is 0 Å². The predicted molar refractivity (Wildman–Crippen MR) is 55.5 cm³/mol. The zero-order valence-electron chi connectivity index (χ0n) is 9.11. The Bertz CT molecular complexity index is 284. The normalized spacial score (nSPS) is 13.1. The summed E-state index contributed by atoms with van der Waals surface area (Å²) in [6.07, 6.45) is 0.781. The number of methoxy groups -OCH3 is 2. The summed E-state index contributed by atoms with van der Waals surface area (Å²) in [6, 6.07) is 0. The van der Waals surface area contributed by atoms with E-state index in [1.165, 1.54) is 14.2 Å². The largest absolute Gasteiger partial charge is 0.480 e. The molecule has 0 atom stereocenters. The molecular formula is C9H16N2O4. The van der Waals surface area contributed by atoms with Crippen molar-refractivity contribution in [1.82, 2.24) is 0 Å². The van der Waals surface area contributed by atoms with E-state index in [1.54, 1.807) is 0 Å². The van der Waals surface area contributed by atoms with E-state index in [9.17, 15) is 9.90 Å². The average Bonchev–Trinajstić information content (AvgIpc) is 2.25. The number of hydrogen-bond donors (Lipinski definition) is 2. The molecule has 86 valence electrons. The zero-order chi connectivity index (χ0) is 11.8. The summed E-state index contributed by atoms with van der Waals surface area (Å²) in [5.74, 6) is -1.48. The number of amidine groups is 1. The highest BCUT2D eigenvalue weighted by Crippen LogP contribution is 2.05. The lowest BCUT2D eigenvalue weighted by Crippen LogP contribution is -2.25. The average molecular weight is 216 g/mol. The minimum atomic E-state index is -0.785. The number of ether oxygens (including phenoxy) is 2. The van der Waals surface area contributed by atoms with Crippen LogP contribution in [0.15, 0.2) is 16.5 Å². The molecule has 3 N–H and O–H groups in total. The second kappa shape index (κ2) is 6.69. The first-order valence-corrected chi connectivity index (χ1v) is 4.44. The molecular weight excluding hydrogens is 200 g/mol. The molecule has 0 spiro atoms. The van der Waals surface area contributed by atoms with E-state index in [1.807, 2.05) is 6.92 Å². The van der Waals surface area contributed by atoms with Crippen LogP contribution in [-0.4, -0.2) is 37.7 Å². The molecule has 0 aromatic rings. The first-order valence-electron chi connectivity index (χ1n) is 4.44. The third kappa shape index (κ3) is 3.88. The van der Waals surface area contributed by atoms with E-state index in [-0.39, 0.29) is 11.4 Å². The quantitative estimate of drug-likeness (QED) is 0.227. The summed E-state index contributed by atoms with van der Waals surface area (Å²) >= 11 is 0. The predicted octanol–water partition coefficient (Wildman–Crippen LogP) is 0.343. The second-order valence-corrected chi connectivity index (χ2v) is 2.64. The fourth-order valence-electron chi connectivity index (χ4n) is 0.817. The summed E-state index contributed by atoms with van der Waals surface area (Å²) in [5, 5.41) is 9.28. The topological polar surface area (TPSA) is 94.1 Å². The van der Waals surface area contributed by atoms with Gasteiger partial charge >= 0.3 is 5.97 Å². The molecule has 0 aliphatic carbocycles. The highest BCUT2D eigenvalue weighted by atomic mass is 16.6. The van der Waals surface area contributed by atoms with E-state index >= 15 is 0 Å². The Morgan fingerprint density at radius 2 is 2.00 bits per heavy atom. The van der Waals surface area contributed by atoms with Crippen molar-refractivity contribution in [3.8, 4) is 0 Å². The fraction of sp³-hybridized carbons (Fsp3) is 0.556. The van der Waals surface area contributed by atoms with Gasteiger partial charge in [0.15, 0.2) is 5.57 Å². The van der Waals surface area contributed by atoms with Crippen molar-refractivity contribution in [1.29, 1.82) is 0 Å². The molecule has 0 aromatic carbocycles. The molecule has 0 radical (unpaired) electrons. The molecule has 0 fully saturated rings. The molecule has 0 amide bonds. The maximum atomic E-state index is 11.2. The van der Waals surface area contributed by atoms with E-state index in [2.05, 4.69) is 14.5 Å². The van der Waals surface area contributed by atoms with Crippen LogP contribution < -0.4 is 5.73 Å². The highest BCUT2D eigenvalue weighted by molar-refractivity contribution is 6.18. The van der Waals surface area contributed by atoms with Crippen LogP contribution in [0, 0.1) is 0 Å². The van der Waals surface area contributed by atoms with Crippen molar-refractivity contribution in [3.05, 3.63) is 11.5 Å². The highest BCUT2D eigenvalue weighted by Gasteiger charge is 2.21. The van der Waals surface area contributed by atoms with Crippen molar-refractivity contribution in [2.45, 2.75) is 13.3 Å². The van der Waals surface area contributed by atoms with Gasteiger partial charge < -0.3 is 20.3 Å². The van der Waals surface area contributed by atoms with Crippen molar-refractivity contribution in [3.63, 3.8) is 0 Å². The van der Waals surface area contributed by atoms with Gasteiger partial charge in [0.1, 0.15) is 5.84 Å². The smallest absolute Gasteiger partial charge is 0.348 e. The lowest BCUT2D eigenvalue weighted by molar-refractivity contribution is -0.136. The maximum absolute atomic E-state index is 11.2. The minimum Gasteiger partial charge on any atom is -0.480 e. The molecule has 0 rings (SSSR count). The Hall–Kier alpha value is -1.72. The first kappa shape index (κ1) is 13.3. The van der Waals surface area contributed by atoms with Gasteiger partial charge in [-0.3, -0.25) is 4.99 Å². The minimum absolute atomic E-state index is 0.0944. The molecule has 6 heteroatoms. The van der Waals surface area contributed by atoms with Gasteiger partial charge in [-0.15, -0.1) is 0 Å². The van der Waals surface area contributed by atoms with Gasteiger partial charge in [0.2, 0.25) is 0 Å². The Morgan fingerprint density at radius 1 is 1.40 bits per heavy atom. The van der Waals surface area contributed by atoms with Gasteiger partial charge in [0.25, 0.3) is 5.95 Å². The number of hydrogen-bond acceptors (Lipinski definition) is 5. The second-order valence-electron chi connectivity index (χ2n) is 2.64. The molecule has 0 saturated heterocycles. The van der Waals surface area contributed by atoms with E-state index < -0.39 is 11.9 Å². The van der Waals surface area contributed by atoms with Gasteiger partial charge in [0, 0.05) is 6.54 Å². The number of nitrogens with two attached hydrogens (primary N) is 1. The first-order chi connectivity index (χ1) is 7.08. The van der Waals surface area contributed by atoms with Crippen LogP contribution >= 0.6 is 0 Å². The lowest BCUT2D eigenvalue weighted by atomic mass is 10.2. The van der Waals surface area contributed by atoms with Crippen molar-refractivity contribution < 1.29 is 19.4 Å². The van der Waals surface area contributed by atoms with Gasteiger partial charge in [0.05, 0.1) is 14.2 Å². The van der Waals surface area contributed by atoms with Crippen LogP contribution in [0.2, 0.25) is 0 Å². The molecule has 0 unspecified atom stereocenters. The molecule has 0 saturated carbocycles. The third-order valence-corrected chi connectivity index (χ3v) is 1.56. The standard InChI is InChI=1S/C9H16N2O4/c1-4-5-11-7(10)6(8(12)14-2)9(13)15-3/h12H,4-5H2,1-3H3,(H2,10,11)/b8-6-. The fourth-order valence-corrected chi connectivity index (χ4v) is 0.817. The van der Waals surface area contributed by atoms with Crippen molar-refractivity contribution in [2.24, 2.45) is 10.7 Å².